The van der Waals surface area contributed by atoms with Crippen LogP contribution in [0.2, 0.25) is 0 Å². The molecule has 1 atom stereocenters. The van der Waals surface area contributed by atoms with Gasteiger partial charge in [-0.25, -0.2) is 4.79 Å². The first-order chi connectivity index (χ1) is 7.54. The molecular weight excluding hydrogens is 212 g/mol. The summed E-state index contributed by atoms with van der Waals surface area (Å²) in [7, 11) is 0. The lowest BCUT2D eigenvalue weighted by Crippen LogP contribution is -2.22. The summed E-state index contributed by atoms with van der Waals surface area (Å²) in [4.78, 5) is 11.5. The number of anilines is 2. The van der Waals surface area contributed by atoms with E-state index in [1.165, 1.54) is 18.2 Å². The number of benzene rings is 1. The van der Waals surface area contributed by atoms with Gasteiger partial charge >= 0.3 is 5.97 Å². The van der Waals surface area contributed by atoms with Crippen molar-refractivity contribution in [3.8, 4) is 0 Å². The Morgan fingerprint density at radius 1 is 1.44 bits per heavy atom. The van der Waals surface area contributed by atoms with Crippen LogP contribution in [0.5, 0.6) is 0 Å². The molecule has 0 aliphatic rings. The number of aliphatic hydroxyl groups excluding tert-OH is 2. The van der Waals surface area contributed by atoms with Gasteiger partial charge in [-0.3, -0.25) is 0 Å². The molecule has 0 aromatic heterocycles. The van der Waals surface area contributed by atoms with Gasteiger partial charge < -0.3 is 26.4 Å². The Morgan fingerprint density at radius 2 is 2.12 bits per heavy atom. The van der Waals surface area contributed by atoms with Crippen molar-refractivity contribution in [3.05, 3.63) is 23.8 Å². The first-order valence-corrected chi connectivity index (χ1v) is 4.65. The van der Waals surface area contributed by atoms with Crippen LogP contribution in [0, 0.1) is 0 Å². The van der Waals surface area contributed by atoms with E-state index in [9.17, 15) is 4.79 Å². The summed E-state index contributed by atoms with van der Waals surface area (Å²) in [5.74, 6) is -0.662. The van der Waals surface area contributed by atoms with Crippen LogP contribution in [0.1, 0.15) is 10.4 Å². The normalized spacial score (nSPS) is 12.1. The van der Waals surface area contributed by atoms with Crippen LogP contribution in [0.3, 0.4) is 0 Å². The molecule has 1 unspecified atom stereocenters. The molecule has 1 aromatic carbocycles. The van der Waals surface area contributed by atoms with E-state index in [2.05, 4.69) is 0 Å². The first-order valence-electron chi connectivity index (χ1n) is 4.65. The third-order valence-corrected chi connectivity index (χ3v) is 1.91. The Kier molecular flexibility index (Phi) is 4.10. The molecular formula is C10H14N2O4. The second-order valence-corrected chi connectivity index (χ2v) is 3.28. The molecule has 0 aliphatic heterocycles. The molecule has 0 fully saturated rings. The van der Waals surface area contributed by atoms with Crippen molar-refractivity contribution in [2.45, 2.75) is 6.10 Å². The van der Waals surface area contributed by atoms with Gasteiger partial charge in [-0.1, -0.05) is 0 Å². The lowest BCUT2D eigenvalue weighted by molar-refractivity contribution is 0.00941. The Labute approximate surface area is 92.4 Å². The first kappa shape index (κ1) is 12.3. The molecule has 88 valence electrons. The summed E-state index contributed by atoms with van der Waals surface area (Å²) >= 11 is 0. The number of carbonyl (C=O) groups excluding carboxylic acids is 1. The molecule has 16 heavy (non-hydrogen) atoms. The van der Waals surface area contributed by atoms with Crippen LogP contribution >= 0.6 is 0 Å². The van der Waals surface area contributed by atoms with Crippen molar-refractivity contribution in [2.75, 3.05) is 24.7 Å². The van der Waals surface area contributed by atoms with Crippen molar-refractivity contribution in [1.29, 1.82) is 0 Å². The van der Waals surface area contributed by atoms with E-state index in [4.69, 9.17) is 26.4 Å². The number of hydrogen-bond donors (Lipinski definition) is 4. The number of aliphatic hydroxyl groups is 2. The second kappa shape index (κ2) is 5.34. The fourth-order valence-electron chi connectivity index (χ4n) is 1.07. The maximum Gasteiger partial charge on any atom is 0.340 e. The van der Waals surface area contributed by atoms with Gasteiger partial charge in [0.05, 0.1) is 12.2 Å². The lowest BCUT2D eigenvalue weighted by Gasteiger charge is -2.10. The SMILES string of the molecule is Nc1ccc(C(=O)OCC(O)CO)c(N)c1. The smallest absolute Gasteiger partial charge is 0.340 e. The average Bonchev–Trinajstić information content (AvgIpc) is 2.25. The number of nitrogens with two attached hydrogens (primary N) is 2. The van der Waals surface area contributed by atoms with Crippen LogP contribution in [-0.2, 0) is 4.74 Å². The molecule has 6 N–H and O–H groups in total. The van der Waals surface area contributed by atoms with E-state index in [0.717, 1.165) is 0 Å². The van der Waals surface area contributed by atoms with Gasteiger partial charge in [0.1, 0.15) is 12.7 Å². The minimum Gasteiger partial charge on any atom is -0.459 e. The maximum absolute atomic E-state index is 11.5. The Bertz CT molecular complexity index is 381. The van der Waals surface area contributed by atoms with E-state index in [-0.39, 0.29) is 17.9 Å². The molecule has 1 rings (SSSR count). The second-order valence-electron chi connectivity index (χ2n) is 3.28. The number of carbonyl (C=O) groups is 1. The van der Waals surface area contributed by atoms with Crippen LogP contribution < -0.4 is 11.5 Å². The number of esters is 1. The zero-order chi connectivity index (χ0) is 12.1. The van der Waals surface area contributed by atoms with Crippen LogP contribution in [0.15, 0.2) is 18.2 Å². The van der Waals surface area contributed by atoms with Gasteiger partial charge in [-0.05, 0) is 18.2 Å². The Morgan fingerprint density at radius 3 is 2.69 bits per heavy atom. The molecule has 0 amide bonds. The van der Waals surface area contributed by atoms with E-state index >= 15 is 0 Å². The number of rotatable bonds is 4. The summed E-state index contributed by atoms with van der Waals surface area (Å²) in [5, 5.41) is 17.5. The van der Waals surface area contributed by atoms with Crippen LogP contribution in [0.25, 0.3) is 0 Å². The number of nitrogen functional groups attached to an aromatic ring is 2. The van der Waals surface area contributed by atoms with Crippen LogP contribution in [0.4, 0.5) is 11.4 Å². The highest BCUT2D eigenvalue weighted by molar-refractivity contribution is 5.95. The van der Waals surface area contributed by atoms with Gasteiger partial charge in [0.25, 0.3) is 0 Å². The van der Waals surface area contributed by atoms with Gasteiger partial charge in [-0.15, -0.1) is 0 Å². The van der Waals surface area contributed by atoms with E-state index in [1.54, 1.807) is 0 Å². The fraction of sp³-hybridized carbons (Fsp3) is 0.300. The Hall–Kier alpha value is -1.79. The zero-order valence-electron chi connectivity index (χ0n) is 8.59. The maximum atomic E-state index is 11.5. The van der Waals surface area contributed by atoms with Crippen molar-refractivity contribution in [2.24, 2.45) is 0 Å². The minimum absolute atomic E-state index is 0.180. The molecule has 0 saturated carbocycles. The molecule has 6 nitrogen and oxygen atoms in total. The highest BCUT2D eigenvalue weighted by Gasteiger charge is 2.13. The minimum atomic E-state index is -1.08. The lowest BCUT2D eigenvalue weighted by atomic mass is 10.1. The highest BCUT2D eigenvalue weighted by Crippen LogP contribution is 2.16. The molecule has 0 bridgehead atoms. The topological polar surface area (TPSA) is 119 Å². The molecule has 0 radical (unpaired) electrons. The summed E-state index contributed by atoms with van der Waals surface area (Å²) in [6, 6.07) is 4.41. The largest absolute Gasteiger partial charge is 0.459 e. The molecule has 1 aromatic rings. The third kappa shape index (κ3) is 3.11. The van der Waals surface area contributed by atoms with Crippen LogP contribution in [-0.4, -0.2) is 35.5 Å². The van der Waals surface area contributed by atoms with E-state index in [0.29, 0.717) is 5.69 Å². The van der Waals surface area contributed by atoms with E-state index < -0.39 is 18.7 Å². The van der Waals surface area contributed by atoms with Crippen molar-refractivity contribution < 1.29 is 19.7 Å². The predicted molar refractivity (Wildman–Crippen MR) is 58.6 cm³/mol. The van der Waals surface area contributed by atoms with Gasteiger partial charge in [0, 0.05) is 11.4 Å². The van der Waals surface area contributed by atoms with Crippen molar-refractivity contribution in [1.82, 2.24) is 0 Å². The predicted octanol–water partition coefficient (Wildman–Crippen LogP) is -0.639. The number of hydrogen-bond acceptors (Lipinski definition) is 6. The molecule has 6 heteroatoms. The van der Waals surface area contributed by atoms with Gasteiger partial charge in [0.15, 0.2) is 0 Å². The molecule has 0 spiro atoms. The average molecular weight is 226 g/mol. The summed E-state index contributed by atoms with van der Waals surface area (Å²) in [5.41, 5.74) is 11.9. The molecule has 0 heterocycles. The quantitative estimate of drug-likeness (QED) is 0.400. The van der Waals surface area contributed by atoms with Crippen molar-refractivity contribution >= 4 is 17.3 Å². The summed E-state index contributed by atoms with van der Waals surface area (Å²) in [6.07, 6.45) is -1.08. The zero-order valence-corrected chi connectivity index (χ0v) is 8.59. The molecule has 0 saturated heterocycles. The molecule has 0 aliphatic carbocycles. The fourth-order valence-corrected chi connectivity index (χ4v) is 1.07. The summed E-state index contributed by atoms with van der Waals surface area (Å²) < 4.78 is 4.73. The highest BCUT2D eigenvalue weighted by atomic mass is 16.5. The Balaban J connectivity index is 2.66. The third-order valence-electron chi connectivity index (χ3n) is 1.91. The summed E-state index contributed by atoms with van der Waals surface area (Å²) in [6.45, 7) is -0.746. The standard InChI is InChI=1S/C10H14N2O4/c11-6-1-2-8(9(12)3-6)10(15)16-5-7(14)4-13/h1-3,7,13-14H,4-5,11-12H2. The van der Waals surface area contributed by atoms with E-state index in [1.807, 2.05) is 0 Å². The van der Waals surface area contributed by atoms with Gasteiger partial charge in [-0.2, -0.15) is 0 Å². The monoisotopic (exact) mass is 226 g/mol. The van der Waals surface area contributed by atoms with Crippen molar-refractivity contribution in [3.63, 3.8) is 0 Å². The van der Waals surface area contributed by atoms with Gasteiger partial charge in [0.2, 0.25) is 0 Å². The number of ether oxygens (including phenoxy) is 1.